The minimum absolute atomic E-state index is 0.617. The van der Waals surface area contributed by atoms with E-state index in [2.05, 4.69) is 27.7 Å². The average molecular weight is 182 g/mol. The summed E-state index contributed by atoms with van der Waals surface area (Å²) in [6.45, 7) is 9.63. The molecule has 0 atom stereocenters. The minimum Gasteiger partial charge on any atom is -0.0649 e. The molecule has 1 fully saturated rings. The molecule has 78 valence electrons. The van der Waals surface area contributed by atoms with E-state index in [9.17, 15) is 0 Å². The lowest BCUT2D eigenvalue weighted by Crippen LogP contribution is -2.18. The van der Waals surface area contributed by atoms with E-state index in [4.69, 9.17) is 0 Å². The lowest BCUT2D eigenvalue weighted by atomic mass is 9.75. The Morgan fingerprint density at radius 2 is 1.46 bits per heavy atom. The third kappa shape index (κ3) is 2.72. The van der Waals surface area contributed by atoms with Crippen LogP contribution >= 0.6 is 0 Å². The van der Waals surface area contributed by atoms with E-state index in [1.54, 1.807) is 0 Å². The first kappa shape index (κ1) is 11.1. The van der Waals surface area contributed by atoms with Gasteiger partial charge in [-0.1, -0.05) is 47.0 Å². The highest BCUT2D eigenvalue weighted by Gasteiger charge is 2.32. The van der Waals surface area contributed by atoms with E-state index >= 15 is 0 Å². The van der Waals surface area contributed by atoms with E-state index in [0.717, 1.165) is 0 Å². The van der Waals surface area contributed by atoms with Crippen LogP contribution in [0.5, 0.6) is 0 Å². The van der Waals surface area contributed by atoms with Crippen molar-refractivity contribution in [1.82, 2.24) is 0 Å². The van der Waals surface area contributed by atoms with Crippen LogP contribution in [0.4, 0.5) is 0 Å². The van der Waals surface area contributed by atoms with Gasteiger partial charge in [-0.05, 0) is 36.5 Å². The molecule has 0 aromatic heterocycles. The van der Waals surface area contributed by atoms with Crippen molar-refractivity contribution in [2.45, 2.75) is 72.6 Å². The van der Waals surface area contributed by atoms with Gasteiger partial charge in [-0.25, -0.2) is 0 Å². The zero-order chi connectivity index (χ0) is 9.95. The number of hydrogen-bond donors (Lipinski definition) is 0. The van der Waals surface area contributed by atoms with Crippen LogP contribution in [0.1, 0.15) is 72.6 Å². The molecule has 1 aliphatic rings. The topological polar surface area (TPSA) is 0 Å². The molecule has 13 heavy (non-hydrogen) atoms. The molecule has 1 rings (SSSR count). The molecule has 0 radical (unpaired) electrons. The van der Waals surface area contributed by atoms with Gasteiger partial charge in [-0.2, -0.15) is 0 Å². The summed E-state index contributed by atoms with van der Waals surface area (Å²) in [4.78, 5) is 0. The third-order valence-electron chi connectivity index (χ3n) is 4.39. The first-order chi connectivity index (χ1) is 6.04. The van der Waals surface area contributed by atoms with Crippen LogP contribution in [0.15, 0.2) is 0 Å². The molecule has 0 aromatic rings. The summed E-state index contributed by atoms with van der Waals surface area (Å²) in [6.07, 6.45) is 10.0. The summed E-state index contributed by atoms with van der Waals surface area (Å²) in [5.41, 5.74) is 1.32. The SMILES string of the molecule is CCC1(CC)CCCC(C)(C)CC1. The van der Waals surface area contributed by atoms with Crippen molar-refractivity contribution in [2.24, 2.45) is 10.8 Å². The van der Waals surface area contributed by atoms with Crippen LogP contribution in [0.3, 0.4) is 0 Å². The van der Waals surface area contributed by atoms with E-state index < -0.39 is 0 Å². The van der Waals surface area contributed by atoms with Crippen LogP contribution in [0.2, 0.25) is 0 Å². The van der Waals surface area contributed by atoms with Crippen molar-refractivity contribution in [3.63, 3.8) is 0 Å². The Balaban J connectivity index is 2.62. The van der Waals surface area contributed by atoms with Gasteiger partial charge in [0.05, 0.1) is 0 Å². The highest BCUT2D eigenvalue weighted by atomic mass is 14.4. The Labute approximate surface area is 84.1 Å². The van der Waals surface area contributed by atoms with Crippen LogP contribution in [0, 0.1) is 10.8 Å². The van der Waals surface area contributed by atoms with Gasteiger partial charge in [-0.3, -0.25) is 0 Å². The lowest BCUT2D eigenvalue weighted by molar-refractivity contribution is 0.210. The van der Waals surface area contributed by atoms with Crippen LogP contribution < -0.4 is 0 Å². The fourth-order valence-electron chi connectivity index (χ4n) is 2.75. The van der Waals surface area contributed by atoms with E-state index in [0.29, 0.717) is 10.8 Å². The molecule has 0 saturated heterocycles. The normalized spacial score (nSPS) is 26.8. The lowest BCUT2D eigenvalue weighted by Gasteiger charge is -2.31. The summed E-state index contributed by atoms with van der Waals surface area (Å²) in [7, 11) is 0. The second-order valence-corrected chi connectivity index (χ2v) is 5.72. The van der Waals surface area contributed by atoms with Gasteiger partial charge < -0.3 is 0 Å². The molecule has 1 aliphatic carbocycles. The van der Waals surface area contributed by atoms with Crippen molar-refractivity contribution in [2.75, 3.05) is 0 Å². The molecule has 0 heterocycles. The Kier molecular flexibility index (Phi) is 3.43. The summed E-state index contributed by atoms with van der Waals surface area (Å²) in [5, 5.41) is 0. The highest BCUT2D eigenvalue weighted by molar-refractivity contribution is 4.84. The highest BCUT2D eigenvalue weighted by Crippen LogP contribution is 2.46. The predicted molar refractivity (Wildman–Crippen MR) is 59.9 cm³/mol. The van der Waals surface area contributed by atoms with Gasteiger partial charge in [0.15, 0.2) is 0 Å². The molecular weight excluding hydrogens is 156 g/mol. The average Bonchev–Trinajstić information content (AvgIpc) is 2.25. The van der Waals surface area contributed by atoms with Crippen LogP contribution in [0.25, 0.3) is 0 Å². The summed E-state index contributed by atoms with van der Waals surface area (Å²) >= 11 is 0. The Bertz CT molecular complexity index is 151. The molecular formula is C13H26. The van der Waals surface area contributed by atoms with Crippen LogP contribution in [-0.2, 0) is 0 Å². The molecule has 0 amide bonds. The molecule has 0 unspecified atom stereocenters. The number of hydrogen-bond acceptors (Lipinski definition) is 0. The quantitative estimate of drug-likeness (QED) is 0.539. The van der Waals surface area contributed by atoms with Crippen LogP contribution in [-0.4, -0.2) is 0 Å². The molecule has 0 aliphatic heterocycles. The van der Waals surface area contributed by atoms with Gasteiger partial charge in [0.2, 0.25) is 0 Å². The fourth-order valence-corrected chi connectivity index (χ4v) is 2.75. The standard InChI is InChI=1S/C13H26/c1-5-13(6-2)9-7-8-12(3,4)10-11-13/h5-11H2,1-4H3. The predicted octanol–water partition coefficient (Wildman–Crippen LogP) is 4.78. The third-order valence-corrected chi connectivity index (χ3v) is 4.39. The van der Waals surface area contributed by atoms with Gasteiger partial charge in [0.25, 0.3) is 0 Å². The van der Waals surface area contributed by atoms with Gasteiger partial charge in [-0.15, -0.1) is 0 Å². The Morgan fingerprint density at radius 3 is 2.00 bits per heavy atom. The summed E-state index contributed by atoms with van der Waals surface area (Å²) in [6, 6.07) is 0. The molecule has 0 N–H and O–H groups in total. The smallest absolute Gasteiger partial charge is 0.0302 e. The maximum Gasteiger partial charge on any atom is -0.0302 e. The Morgan fingerprint density at radius 1 is 0.846 bits per heavy atom. The molecule has 0 aromatic carbocycles. The zero-order valence-corrected chi connectivity index (χ0v) is 9.95. The van der Waals surface area contributed by atoms with Gasteiger partial charge in [0, 0.05) is 0 Å². The van der Waals surface area contributed by atoms with Crippen molar-refractivity contribution >= 4 is 0 Å². The first-order valence-corrected chi connectivity index (χ1v) is 6.04. The van der Waals surface area contributed by atoms with E-state index in [1.807, 2.05) is 0 Å². The van der Waals surface area contributed by atoms with Crippen molar-refractivity contribution in [3.8, 4) is 0 Å². The van der Waals surface area contributed by atoms with Crippen molar-refractivity contribution < 1.29 is 0 Å². The zero-order valence-electron chi connectivity index (χ0n) is 9.95. The van der Waals surface area contributed by atoms with Gasteiger partial charge in [0.1, 0.15) is 0 Å². The van der Waals surface area contributed by atoms with Crippen molar-refractivity contribution in [3.05, 3.63) is 0 Å². The monoisotopic (exact) mass is 182 g/mol. The van der Waals surface area contributed by atoms with Gasteiger partial charge >= 0.3 is 0 Å². The molecule has 1 saturated carbocycles. The molecule has 0 bridgehead atoms. The second-order valence-electron chi connectivity index (χ2n) is 5.72. The Hall–Kier alpha value is 0. The fraction of sp³-hybridized carbons (Fsp3) is 1.00. The maximum atomic E-state index is 2.44. The summed E-state index contributed by atoms with van der Waals surface area (Å²) < 4.78 is 0. The maximum absolute atomic E-state index is 2.44. The molecule has 0 nitrogen and oxygen atoms in total. The summed E-state index contributed by atoms with van der Waals surface area (Å²) in [5.74, 6) is 0. The largest absolute Gasteiger partial charge is 0.0649 e. The van der Waals surface area contributed by atoms with Crippen molar-refractivity contribution in [1.29, 1.82) is 0 Å². The first-order valence-electron chi connectivity index (χ1n) is 6.04. The molecule has 0 spiro atoms. The second kappa shape index (κ2) is 4.02. The molecule has 0 heteroatoms. The van der Waals surface area contributed by atoms with E-state index in [1.165, 1.54) is 44.9 Å². The van der Waals surface area contributed by atoms with E-state index in [-0.39, 0.29) is 0 Å². The minimum atomic E-state index is 0.617. The number of rotatable bonds is 2.